The zero-order chi connectivity index (χ0) is 50.6. The molecule has 3 atom stereocenters. The fraction of sp³-hybridized carbons (Fsp3) is 0.527. The number of sulfonamides is 1. The van der Waals surface area contributed by atoms with Crippen molar-refractivity contribution in [1.82, 2.24) is 24.9 Å². The van der Waals surface area contributed by atoms with Gasteiger partial charge < -0.3 is 39.8 Å². The van der Waals surface area contributed by atoms with Crippen molar-refractivity contribution in [3.63, 3.8) is 0 Å². The van der Waals surface area contributed by atoms with Gasteiger partial charge in [0.1, 0.15) is 24.6 Å². The van der Waals surface area contributed by atoms with Gasteiger partial charge in [-0.2, -0.15) is 4.98 Å². The van der Waals surface area contributed by atoms with Crippen LogP contribution in [0.15, 0.2) is 77.8 Å². The molecule has 3 aromatic carbocycles. The van der Waals surface area contributed by atoms with Crippen LogP contribution in [-0.4, -0.2) is 102 Å². The van der Waals surface area contributed by atoms with Gasteiger partial charge in [0.25, 0.3) is 27.5 Å². The maximum Gasteiger partial charge on any atom is 0.297 e. The summed E-state index contributed by atoms with van der Waals surface area (Å²) in [5.41, 5.74) is 3.39. The number of anilines is 2. The number of likely N-dealkylation sites (tertiary alicyclic amines) is 1. The third kappa shape index (κ3) is 10.1. The second kappa shape index (κ2) is 19.7. The molecule has 2 saturated carbocycles. The average Bonchev–Trinajstić information content (AvgIpc) is 4.18. The van der Waals surface area contributed by atoms with Crippen LogP contribution >= 0.6 is 0 Å². The first-order valence-corrected chi connectivity index (χ1v) is 27.9. The quantitative estimate of drug-likeness (QED) is 0.0518. The highest BCUT2D eigenvalue weighted by atomic mass is 32.2. The molecule has 1 amide bonds. The van der Waals surface area contributed by atoms with E-state index in [4.69, 9.17) is 19.2 Å². The Morgan fingerprint density at radius 3 is 2.53 bits per heavy atom. The number of hydrogen-bond donors (Lipinski definition) is 5. The molecule has 18 heteroatoms. The highest BCUT2D eigenvalue weighted by molar-refractivity contribution is 7.90. The van der Waals surface area contributed by atoms with E-state index in [-0.39, 0.29) is 64.4 Å². The fourth-order valence-electron chi connectivity index (χ4n) is 12.7. The normalized spacial score (nSPS) is 25.2. The van der Waals surface area contributed by atoms with Gasteiger partial charge in [-0.3, -0.25) is 19.8 Å². The number of hydrogen-bond acceptors (Lipinski definition) is 14. The summed E-state index contributed by atoms with van der Waals surface area (Å²) in [6.45, 7) is 10.5. The molecule has 4 aliphatic heterocycles. The Morgan fingerprint density at radius 2 is 1.78 bits per heavy atom. The van der Waals surface area contributed by atoms with Crippen LogP contribution in [0, 0.1) is 21.4 Å². The van der Waals surface area contributed by atoms with Gasteiger partial charge >= 0.3 is 0 Å². The number of ether oxygens (including phenoxy) is 3. The molecule has 0 bridgehead atoms. The Labute approximate surface area is 427 Å². The molecule has 73 heavy (non-hydrogen) atoms. The zero-order valence-electron chi connectivity index (χ0n) is 42.0. The lowest BCUT2D eigenvalue weighted by Crippen LogP contribution is -2.54. The van der Waals surface area contributed by atoms with Crippen LogP contribution in [-0.2, 0) is 10.0 Å². The monoisotopic (exact) mass is 1020 g/mol. The number of aliphatic hydroxyl groups is 1. The summed E-state index contributed by atoms with van der Waals surface area (Å²) in [5, 5.41) is 30.5. The van der Waals surface area contributed by atoms with Crippen molar-refractivity contribution in [2.75, 3.05) is 49.6 Å². The largest absolute Gasteiger partial charge is 0.489 e. The molecular formula is C55H68N8O9S. The van der Waals surface area contributed by atoms with Gasteiger partial charge in [0, 0.05) is 66.7 Å². The predicted octanol–water partition coefficient (Wildman–Crippen LogP) is 9.34. The fourth-order valence-corrected chi connectivity index (χ4v) is 13.7. The number of amides is 1. The van der Waals surface area contributed by atoms with Gasteiger partial charge in [-0.15, -0.1) is 0 Å². The standard InChI is InChI=1S/C55H68N8O9S/c1-34(2)41-9-4-5-10-42(41)45-11-7-23-62(45)39-30-55(31-39)19-24-61(25-20-55)38-12-13-43(47(27-38)72-49-26-36-16-22-57-51(36)59-53(49)71-32-37-8-6-21-56-37)52(64)60-73(68,69)40-28-46(63(66)67)50-48(29-40)70-33-44(58-50)35-14-17-54(3,65)18-15-35/h4-5,9-10,12-13,16,22,26-29,34-35,37,39,44-45,56,58,65H,6-8,11,14-15,17-21,23-25,30-33H2,1-3H3,(H,57,59)(H,60,64)/t35-,37-,44+,45+,54-/m0/s1. The Balaban J connectivity index is 0.841. The number of fused-ring (bicyclic) bond motifs is 2. The number of rotatable bonds is 14. The number of benzene rings is 3. The Bertz CT molecular complexity index is 2980. The van der Waals surface area contributed by atoms with Crippen LogP contribution in [0.5, 0.6) is 23.1 Å². The molecule has 388 valence electrons. The van der Waals surface area contributed by atoms with Gasteiger partial charge in [0.05, 0.1) is 27.0 Å². The van der Waals surface area contributed by atoms with E-state index in [1.807, 2.05) is 19.1 Å². The van der Waals surface area contributed by atoms with Crippen LogP contribution < -0.4 is 34.5 Å². The summed E-state index contributed by atoms with van der Waals surface area (Å²) in [5.74, 6) is 0.144. The number of nitrogens with one attached hydrogen (secondary N) is 4. The lowest BCUT2D eigenvalue weighted by Gasteiger charge is -2.56. The van der Waals surface area contributed by atoms with E-state index < -0.39 is 37.0 Å². The minimum Gasteiger partial charge on any atom is -0.489 e. The van der Waals surface area contributed by atoms with Crippen molar-refractivity contribution in [2.45, 2.75) is 138 Å². The molecule has 6 aliphatic rings. The van der Waals surface area contributed by atoms with E-state index in [0.717, 1.165) is 69.0 Å². The number of aromatic nitrogens is 2. The summed E-state index contributed by atoms with van der Waals surface area (Å²) >= 11 is 0. The number of carbonyl (C=O) groups is 1. The molecular weight excluding hydrogens is 949 g/mol. The summed E-state index contributed by atoms with van der Waals surface area (Å²) < 4.78 is 49.6. The minimum atomic E-state index is -4.71. The summed E-state index contributed by atoms with van der Waals surface area (Å²) in [7, 11) is -4.71. The number of nitrogens with zero attached hydrogens (tertiary/aromatic N) is 4. The Kier molecular flexibility index (Phi) is 13.3. The second-order valence-corrected chi connectivity index (χ2v) is 23.9. The number of nitro benzene ring substituents is 1. The van der Waals surface area contributed by atoms with Gasteiger partial charge in [-0.25, -0.2) is 13.1 Å². The molecule has 11 rings (SSSR count). The van der Waals surface area contributed by atoms with Crippen LogP contribution in [0.2, 0.25) is 0 Å². The van der Waals surface area contributed by atoms with Crippen LogP contribution in [0.3, 0.4) is 0 Å². The topological polar surface area (TPSA) is 214 Å². The predicted molar refractivity (Wildman–Crippen MR) is 278 cm³/mol. The van der Waals surface area contributed by atoms with E-state index in [0.29, 0.717) is 55.9 Å². The lowest BCUT2D eigenvalue weighted by molar-refractivity contribution is -0.384. The first-order chi connectivity index (χ1) is 35.1. The number of nitro groups is 1. The first kappa shape index (κ1) is 49.3. The van der Waals surface area contributed by atoms with E-state index >= 15 is 0 Å². The molecule has 2 aromatic heterocycles. The van der Waals surface area contributed by atoms with Gasteiger partial charge in [-0.1, -0.05) is 38.1 Å². The number of piperidine rings is 1. The average molecular weight is 1020 g/mol. The van der Waals surface area contributed by atoms with E-state index in [9.17, 15) is 28.4 Å². The van der Waals surface area contributed by atoms with Crippen molar-refractivity contribution in [1.29, 1.82) is 0 Å². The molecule has 5 N–H and O–H groups in total. The summed E-state index contributed by atoms with van der Waals surface area (Å²) in [4.78, 5) is 38.8. The SMILES string of the molecule is CC(C)c1ccccc1[C@H]1CCCN1C1CC2(CCN(c3ccc(C(=O)NS(=O)(=O)c4cc5c(c([N+](=O)[O-])c4)N[C@@H]([C@H]4CC[C@](C)(O)CC4)CO5)c(Oc4cc5cc[nH]c5nc4OC[C@@H]4CCCN4)c3)CC2)C1. The maximum absolute atomic E-state index is 14.5. The second-order valence-electron chi connectivity index (χ2n) is 22.2. The highest BCUT2D eigenvalue weighted by Gasteiger charge is 2.50. The van der Waals surface area contributed by atoms with Crippen molar-refractivity contribution in [2.24, 2.45) is 11.3 Å². The minimum absolute atomic E-state index is 0.00387. The molecule has 0 unspecified atom stereocenters. The number of pyridine rings is 1. The molecule has 3 saturated heterocycles. The van der Waals surface area contributed by atoms with Crippen molar-refractivity contribution in [3.05, 3.63) is 99.7 Å². The molecule has 2 aliphatic carbocycles. The van der Waals surface area contributed by atoms with Crippen LogP contribution in [0.1, 0.15) is 131 Å². The first-order valence-electron chi connectivity index (χ1n) is 26.4. The van der Waals surface area contributed by atoms with E-state index in [1.165, 1.54) is 42.9 Å². The van der Waals surface area contributed by atoms with Gasteiger partial charge in [-0.05, 0) is 150 Å². The Morgan fingerprint density at radius 1 is 0.986 bits per heavy atom. The smallest absolute Gasteiger partial charge is 0.297 e. The third-order valence-electron chi connectivity index (χ3n) is 17.0. The lowest BCUT2D eigenvalue weighted by atomic mass is 9.59. The zero-order valence-corrected chi connectivity index (χ0v) is 42.8. The molecule has 5 aromatic rings. The highest BCUT2D eigenvalue weighted by Crippen LogP contribution is 2.54. The van der Waals surface area contributed by atoms with Crippen molar-refractivity contribution >= 4 is 44.0 Å². The number of aromatic amines is 1. The van der Waals surface area contributed by atoms with Crippen molar-refractivity contribution < 1.29 is 37.5 Å². The van der Waals surface area contributed by atoms with Crippen LogP contribution in [0.25, 0.3) is 11.0 Å². The van der Waals surface area contributed by atoms with Crippen LogP contribution in [0.4, 0.5) is 17.1 Å². The van der Waals surface area contributed by atoms with E-state index in [1.54, 1.807) is 24.4 Å². The van der Waals surface area contributed by atoms with Gasteiger partial charge in [0.15, 0.2) is 17.2 Å². The molecule has 6 heterocycles. The molecule has 5 fully saturated rings. The number of H-pyrrole nitrogens is 1. The number of carbonyl (C=O) groups excluding carboxylic acids is 1. The molecule has 17 nitrogen and oxygen atoms in total. The third-order valence-corrected chi connectivity index (χ3v) is 18.3. The van der Waals surface area contributed by atoms with Crippen molar-refractivity contribution in [3.8, 4) is 23.1 Å². The van der Waals surface area contributed by atoms with Gasteiger partial charge in [0.2, 0.25) is 0 Å². The summed E-state index contributed by atoms with van der Waals surface area (Å²) in [6, 6.07) is 20.8. The summed E-state index contributed by atoms with van der Waals surface area (Å²) in [6.07, 6.45) is 13.2. The maximum atomic E-state index is 14.5. The molecule has 1 spiro atoms. The molecule has 0 radical (unpaired) electrons. The van der Waals surface area contributed by atoms with E-state index in [2.05, 4.69) is 68.3 Å². The Hall–Kier alpha value is -5.95.